The van der Waals surface area contributed by atoms with Gasteiger partial charge in [-0.2, -0.15) is 0 Å². The number of aryl methyl sites for hydroxylation is 1. The summed E-state index contributed by atoms with van der Waals surface area (Å²) in [4.78, 5) is 25.3. The maximum atomic E-state index is 12.0. The van der Waals surface area contributed by atoms with Gasteiger partial charge in [0, 0.05) is 23.6 Å². The first-order chi connectivity index (χ1) is 9.93. The smallest absolute Gasteiger partial charge is 0.243 e. The van der Waals surface area contributed by atoms with Crippen molar-refractivity contribution in [2.75, 3.05) is 32.5 Å². The van der Waals surface area contributed by atoms with E-state index in [1.54, 1.807) is 7.05 Å². The van der Waals surface area contributed by atoms with Crippen molar-refractivity contribution < 1.29 is 9.59 Å². The minimum absolute atomic E-state index is 0.0204. The molecule has 0 atom stereocenters. The first kappa shape index (κ1) is 17.7. The number of halogens is 1. The highest BCUT2D eigenvalue weighted by atomic mass is 79.9. The predicted octanol–water partition coefficient (Wildman–Crippen LogP) is 2.15. The normalized spacial score (nSPS) is 10.3. The monoisotopic (exact) mass is 355 g/mol. The third kappa shape index (κ3) is 6.27. The quantitative estimate of drug-likeness (QED) is 0.736. The lowest BCUT2D eigenvalue weighted by Crippen LogP contribution is -2.35. The summed E-state index contributed by atoms with van der Waals surface area (Å²) >= 11 is 3.38. The molecular formula is C15H22BrN3O2. The van der Waals surface area contributed by atoms with E-state index in [4.69, 9.17) is 0 Å². The lowest BCUT2D eigenvalue weighted by Gasteiger charge is -2.17. The molecule has 1 rings (SSSR count). The SMILES string of the molecule is CNCCCC(=O)N(C)CC(=O)Nc1ccc(Br)cc1C. The number of nitrogens with zero attached hydrogens (tertiary/aromatic N) is 1. The first-order valence-electron chi connectivity index (χ1n) is 6.88. The fourth-order valence-electron chi connectivity index (χ4n) is 1.87. The number of carbonyl (C=O) groups is 2. The first-order valence-corrected chi connectivity index (χ1v) is 7.68. The molecule has 0 unspecified atom stereocenters. The van der Waals surface area contributed by atoms with Crippen molar-refractivity contribution in [1.82, 2.24) is 10.2 Å². The van der Waals surface area contributed by atoms with Gasteiger partial charge in [-0.1, -0.05) is 15.9 Å². The molecule has 1 aromatic carbocycles. The molecule has 0 spiro atoms. The van der Waals surface area contributed by atoms with Gasteiger partial charge in [0.05, 0.1) is 6.54 Å². The molecule has 6 heteroatoms. The Balaban J connectivity index is 2.47. The molecule has 2 N–H and O–H groups in total. The maximum Gasteiger partial charge on any atom is 0.243 e. The molecule has 1 aromatic rings. The lowest BCUT2D eigenvalue weighted by molar-refractivity contribution is -0.133. The Hall–Kier alpha value is -1.40. The highest BCUT2D eigenvalue weighted by molar-refractivity contribution is 9.10. The molecule has 5 nitrogen and oxygen atoms in total. The van der Waals surface area contributed by atoms with E-state index in [9.17, 15) is 9.59 Å². The fourth-order valence-corrected chi connectivity index (χ4v) is 2.34. The van der Waals surface area contributed by atoms with Crippen LogP contribution < -0.4 is 10.6 Å². The second-order valence-corrected chi connectivity index (χ2v) is 5.88. The van der Waals surface area contributed by atoms with E-state index >= 15 is 0 Å². The minimum Gasteiger partial charge on any atom is -0.336 e. The van der Waals surface area contributed by atoms with Gasteiger partial charge in [-0.05, 0) is 50.7 Å². The zero-order valence-electron chi connectivity index (χ0n) is 12.7. The average Bonchev–Trinajstić information content (AvgIpc) is 2.42. The molecule has 0 aliphatic heterocycles. The van der Waals surface area contributed by atoms with Crippen LogP contribution in [0.15, 0.2) is 22.7 Å². The van der Waals surface area contributed by atoms with Crippen LogP contribution >= 0.6 is 15.9 Å². The van der Waals surface area contributed by atoms with Gasteiger partial charge >= 0.3 is 0 Å². The Morgan fingerprint density at radius 3 is 2.67 bits per heavy atom. The number of hydrogen-bond donors (Lipinski definition) is 2. The Bertz CT molecular complexity index is 506. The largest absolute Gasteiger partial charge is 0.336 e. The van der Waals surface area contributed by atoms with Crippen molar-refractivity contribution in [3.8, 4) is 0 Å². The zero-order valence-corrected chi connectivity index (χ0v) is 14.3. The van der Waals surface area contributed by atoms with Gasteiger partial charge in [0.1, 0.15) is 0 Å². The third-order valence-corrected chi connectivity index (χ3v) is 3.58. The molecule has 0 heterocycles. The van der Waals surface area contributed by atoms with Crippen molar-refractivity contribution in [3.05, 3.63) is 28.2 Å². The molecule has 0 fully saturated rings. The highest BCUT2D eigenvalue weighted by Crippen LogP contribution is 2.19. The Morgan fingerprint density at radius 1 is 1.33 bits per heavy atom. The van der Waals surface area contributed by atoms with Crippen molar-refractivity contribution in [2.45, 2.75) is 19.8 Å². The van der Waals surface area contributed by atoms with Gasteiger partial charge in [0.2, 0.25) is 11.8 Å². The van der Waals surface area contributed by atoms with Crippen molar-refractivity contribution in [3.63, 3.8) is 0 Å². The summed E-state index contributed by atoms with van der Waals surface area (Å²) in [5.41, 5.74) is 1.74. The van der Waals surface area contributed by atoms with Crippen LogP contribution in [0.4, 0.5) is 5.69 Å². The molecule has 0 saturated heterocycles. The van der Waals surface area contributed by atoms with E-state index in [0.29, 0.717) is 6.42 Å². The Kier molecular flexibility index (Phi) is 7.39. The topological polar surface area (TPSA) is 61.4 Å². The summed E-state index contributed by atoms with van der Waals surface area (Å²) in [7, 11) is 3.50. The van der Waals surface area contributed by atoms with Gasteiger partial charge < -0.3 is 15.5 Å². The molecule has 0 aliphatic rings. The van der Waals surface area contributed by atoms with Gasteiger partial charge in [-0.25, -0.2) is 0 Å². The molecule has 2 amide bonds. The van der Waals surface area contributed by atoms with Crippen LogP contribution in [0.25, 0.3) is 0 Å². The molecule has 116 valence electrons. The summed E-state index contributed by atoms with van der Waals surface area (Å²) < 4.78 is 0.967. The lowest BCUT2D eigenvalue weighted by atomic mass is 10.2. The highest BCUT2D eigenvalue weighted by Gasteiger charge is 2.13. The second kappa shape index (κ2) is 8.79. The van der Waals surface area contributed by atoms with E-state index in [-0.39, 0.29) is 18.4 Å². The number of hydrogen-bond acceptors (Lipinski definition) is 3. The number of rotatable bonds is 7. The summed E-state index contributed by atoms with van der Waals surface area (Å²) in [6.45, 7) is 2.78. The number of amides is 2. The molecular weight excluding hydrogens is 334 g/mol. The third-order valence-electron chi connectivity index (χ3n) is 3.09. The van der Waals surface area contributed by atoms with Crippen LogP contribution in [0.1, 0.15) is 18.4 Å². The van der Waals surface area contributed by atoms with E-state index < -0.39 is 0 Å². The van der Waals surface area contributed by atoms with Crippen LogP contribution in [0.2, 0.25) is 0 Å². The number of benzene rings is 1. The molecule has 0 aliphatic carbocycles. The van der Waals surface area contributed by atoms with Gasteiger partial charge in [0.25, 0.3) is 0 Å². The summed E-state index contributed by atoms with van der Waals surface area (Å²) in [6, 6.07) is 5.64. The summed E-state index contributed by atoms with van der Waals surface area (Å²) in [5, 5.41) is 5.82. The predicted molar refractivity (Wildman–Crippen MR) is 88.3 cm³/mol. The summed E-state index contributed by atoms with van der Waals surface area (Å²) in [5.74, 6) is -0.210. The number of anilines is 1. The zero-order chi connectivity index (χ0) is 15.8. The molecule has 0 aromatic heterocycles. The average molecular weight is 356 g/mol. The number of likely N-dealkylation sites (N-methyl/N-ethyl adjacent to an activating group) is 1. The van der Waals surface area contributed by atoms with Gasteiger partial charge in [0.15, 0.2) is 0 Å². The fraction of sp³-hybridized carbons (Fsp3) is 0.467. The Labute approximate surface area is 134 Å². The standard InChI is InChI=1S/C15H22BrN3O2/c1-11-9-12(16)6-7-13(11)18-14(20)10-19(3)15(21)5-4-8-17-2/h6-7,9,17H,4-5,8,10H2,1-3H3,(H,18,20). The van der Waals surface area contributed by atoms with Crippen LogP contribution in [0, 0.1) is 6.92 Å². The van der Waals surface area contributed by atoms with Gasteiger partial charge in [-0.15, -0.1) is 0 Å². The summed E-state index contributed by atoms with van der Waals surface area (Å²) in [6.07, 6.45) is 1.22. The van der Waals surface area contributed by atoms with E-state index in [1.807, 2.05) is 32.2 Å². The van der Waals surface area contributed by atoms with Crippen molar-refractivity contribution >= 4 is 33.4 Å². The van der Waals surface area contributed by atoms with Crippen molar-refractivity contribution in [2.24, 2.45) is 0 Å². The van der Waals surface area contributed by atoms with E-state index in [2.05, 4.69) is 26.6 Å². The Morgan fingerprint density at radius 2 is 2.05 bits per heavy atom. The molecule has 0 radical (unpaired) electrons. The van der Waals surface area contributed by atoms with Crippen LogP contribution in [-0.4, -0.2) is 43.9 Å². The van der Waals surface area contributed by atoms with Crippen molar-refractivity contribution in [1.29, 1.82) is 0 Å². The van der Waals surface area contributed by atoms with Crippen LogP contribution in [0.3, 0.4) is 0 Å². The maximum absolute atomic E-state index is 12.0. The van der Waals surface area contributed by atoms with E-state index in [0.717, 1.165) is 28.7 Å². The number of carbonyl (C=O) groups excluding carboxylic acids is 2. The molecule has 0 bridgehead atoms. The molecule has 0 saturated carbocycles. The number of nitrogens with one attached hydrogen (secondary N) is 2. The van der Waals surface area contributed by atoms with E-state index in [1.165, 1.54) is 4.90 Å². The molecule has 21 heavy (non-hydrogen) atoms. The van der Waals surface area contributed by atoms with Crippen LogP contribution in [-0.2, 0) is 9.59 Å². The van der Waals surface area contributed by atoms with Gasteiger partial charge in [-0.3, -0.25) is 9.59 Å². The van der Waals surface area contributed by atoms with Crippen LogP contribution in [0.5, 0.6) is 0 Å². The second-order valence-electron chi connectivity index (χ2n) is 4.96. The minimum atomic E-state index is -0.190.